The van der Waals surface area contributed by atoms with Gasteiger partial charge in [0, 0.05) is 17.7 Å². The van der Waals surface area contributed by atoms with Gasteiger partial charge >= 0.3 is 0 Å². The smallest absolute Gasteiger partial charge is 0.159 e. The number of hydrogen-bond donors (Lipinski definition) is 2. The van der Waals surface area contributed by atoms with Gasteiger partial charge in [-0.1, -0.05) is 20.8 Å². The van der Waals surface area contributed by atoms with Gasteiger partial charge in [-0.25, -0.2) is 20.5 Å². The lowest BCUT2D eigenvalue weighted by Gasteiger charge is -2.18. The number of aromatic nitrogens is 4. The Morgan fingerprint density at radius 3 is 2.50 bits per heavy atom. The molecule has 3 N–H and O–H groups in total. The topological polar surface area (TPSA) is 81.7 Å². The van der Waals surface area contributed by atoms with E-state index in [0.717, 1.165) is 11.4 Å². The first-order valence-electron chi connectivity index (χ1n) is 5.78. The normalized spacial score (nSPS) is 11.6. The second-order valence-corrected chi connectivity index (χ2v) is 5.29. The Kier molecular flexibility index (Phi) is 3.04. The molecule has 0 bridgehead atoms. The molecule has 0 saturated carbocycles. The van der Waals surface area contributed by atoms with E-state index in [1.807, 2.05) is 13.1 Å². The van der Waals surface area contributed by atoms with Crippen LogP contribution in [0.15, 0.2) is 18.5 Å². The lowest BCUT2D eigenvalue weighted by atomic mass is 9.96. The number of nitrogens with zero attached hydrogens (tertiary/aromatic N) is 4. The number of nitrogen functional groups attached to an aromatic ring is 1. The van der Waals surface area contributed by atoms with Crippen LogP contribution in [0.25, 0.3) is 5.82 Å². The van der Waals surface area contributed by atoms with Crippen LogP contribution in [0, 0.1) is 6.92 Å². The van der Waals surface area contributed by atoms with E-state index in [0.29, 0.717) is 11.6 Å². The molecule has 0 aliphatic carbocycles. The molecule has 6 nitrogen and oxygen atoms in total. The predicted octanol–water partition coefficient (Wildman–Crippen LogP) is 1.55. The van der Waals surface area contributed by atoms with E-state index < -0.39 is 0 Å². The zero-order valence-electron chi connectivity index (χ0n) is 11.1. The maximum absolute atomic E-state index is 5.44. The van der Waals surface area contributed by atoms with Crippen molar-refractivity contribution in [1.29, 1.82) is 0 Å². The fourth-order valence-corrected chi connectivity index (χ4v) is 1.50. The van der Waals surface area contributed by atoms with E-state index in [1.165, 1.54) is 0 Å². The van der Waals surface area contributed by atoms with Gasteiger partial charge < -0.3 is 5.43 Å². The number of anilines is 1. The largest absolute Gasteiger partial charge is 0.308 e. The molecule has 0 aliphatic heterocycles. The Labute approximate surface area is 106 Å². The molecule has 2 aromatic rings. The third kappa shape index (κ3) is 2.48. The Hall–Kier alpha value is -1.95. The number of nitrogens with one attached hydrogen (secondary N) is 1. The summed E-state index contributed by atoms with van der Waals surface area (Å²) in [6.07, 6.45) is 3.70. The monoisotopic (exact) mass is 246 g/mol. The maximum Gasteiger partial charge on any atom is 0.159 e. The van der Waals surface area contributed by atoms with E-state index in [1.54, 1.807) is 16.9 Å². The highest BCUT2D eigenvalue weighted by Crippen LogP contribution is 2.21. The van der Waals surface area contributed by atoms with E-state index in [-0.39, 0.29) is 5.41 Å². The predicted molar refractivity (Wildman–Crippen MR) is 70.4 cm³/mol. The molecule has 0 saturated heterocycles. The molecule has 96 valence electrons. The fourth-order valence-electron chi connectivity index (χ4n) is 1.50. The third-order valence-electron chi connectivity index (χ3n) is 2.48. The standard InChI is InChI=1S/C12H18N6/c1-8-6-14-18(7-8)10-5-9(17-13)15-11(16-10)12(2,3)4/h5-7H,13H2,1-4H3,(H,15,16,17). The summed E-state index contributed by atoms with van der Waals surface area (Å²) in [6, 6.07) is 1.77. The number of hydrogen-bond acceptors (Lipinski definition) is 5. The van der Waals surface area contributed by atoms with Gasteiger partial charge in [-0.05, 0) is 12.5 Å². The molecule has 0 spiro atoms. The van der Waals surface area contributed by atoms with Crippen molar-refractivity contribution in [1.82, 2.24) is 19.7 Å². The first kappa shape index (κ1) is 12.5. The summed E-state index contributed by atoms with van der Waals surface area (Å²) in [5, 5.41) is 4.24. The number of nitrogens with two attached hydrogens (primary N) is 1. The van der Waals surface area contributed by atoms with Crippen LogP contribution in [-0.2, 0) is 5.41 Å². The van der Waals surface area contributed by atoms with Gasteiger partial charge in [-0.2, -0.15) is 5.10 Å². The minimum Gasteiger partial charge on any atom is -0.308 e. The van der Waals surface area contributed by atoms with Crippen molar-refractivity contribution in [3.8, 4) is 5.82 Å². The van der Waals surface area contributed by atoms with Crippen molar-refractivity contribution in [2.24, 2.45) is 5.84 Å². The number of rotatable bonds is 2. The van der Waals surface area contributed by atoms with E-state index in [4.69, 9.17) is 5.84 Å². The van der Waals surface area contributed by atoms with Crippen LogP contribution in [0.1, 0.15) is 32.2 Å². The Balaban J connectivity index is 2.54. The quantitative estimate of drug-likeness (QED) is 0.620. The third-order valence-corrected chi connectivity index (χ3v) is 2.48. The maximum atomic E-state index is 5.44. The van der Waals surface area contributed by atoms with Crippen LogP contribution < -0.4 is 11.3 Å². The molecule has 2 rings (SSSR count). The molecule has 0 fully saturated rings. The molecule has 6 heteroatoms. The molecular weight excluding hydrogens is 228 g/mol. The van der Waals surface area contributed by atoms with Crippen LogP contribution in [0.2, 0.25) is 0 Å². The van der Waals surface area contributed by atoms with Gasteiger partial charge in [-0.15, -0.1) is 0 Å². The van der Waals surface area contributed by atoms with Crippen LogP contribution in [0.5, 0.6) is 0 Å². The van der Waals surface area contributed by atoms with Gasteiger partial charge in [0.15, 0.2) is 5.82 Å². The molecule has 0 unspecified atom stereocenters. The van der Waals surface area contributed by atoms with Crippen molar-refractivity contribution >= 4 is 5.82 Å². The van der Waals surface area contributed by atoms with E-state index in [9.17, 15) is 0 Å². The molecular formula is C12H18N6. The number of hydrazine groups is 1. The van der Waals surface area contributed by atoms with Crippen molar-refractivity contribution in [2.45, 2.75) is 33.1 Å². The van der Waals surface area contributed by atoms with E-state index in [2.05, 4.69) is 41.3 Å². The zero-order valence-corrected chi connectivity index (χ0v) is 11.1. The average Bonchev–Trinajstić information content (AvgIpc) is 2.74. The van der Waals surface area contributed by atoms with Gasteiger partial charge in [0.2, 0.25) is 0 Å². The van der Waals surface area contributed by atoms with Crippen molar-refractivity contribution in [3.63, 3.8) is 0 Å². The Morgan fingerprint density at radius 2 is 2.00 bits per heavy atom. The van der Waals surface area contributed by atoms with Crippen LogP contribution in [0.3, 0.4) is 0 Å². The van der Waals surface area contributed by atoms with Gasteiger partial charge in [0.05, 0.1) is 6.20 Å². The van der Waals surface area contributed by atoms with Gasteiger partial charge in [0.1, 0.15) is 11.6 Å². The van der Waals surface area contributed by atoms with Crippen molar-refractivity contribution in [3.05, 3.63) is 29.8 Å². The molecule has 18 heavy (non-hydrogen) atoms. The summed E-state index contributed by atoms with van der Waals surface area (Å²) in [5.74, 6) is 7.45. The second-order valence-electron chi connectivity index (χ2n) is 5.29. The fraction of sp³-hybridized carbons (Fsp3) is 0.417. The summed E-state index contributed by atoms with van der Waals surface area (Å²) in [4.78, 5) is 8.90. The lowest BCUT2D eigenvalue weighted by molar-refractivity contribution is 0.542. The van der Waals surface area contributed by atoms with Crippen LogP contribution in [0.4, 0.5) is 5.82 Å². The Bertz CT molecular complexity index is 552. The minimum atomic E-state index is -0.149. The van der Waals surface area contributed by atoms with Crippen molar-refractivity contribution in [2.75, 3.05) is 5.43 Å². The zero-order chi connectivity index (χ0) is 13.3. The summed E-state index contributed by atoms with van der Waals surface area (Å²) >= 11 is 0. The van der Waals surface area contributed by atoms with E-state index >= 15 is 0 Å². The van der Waals surface area contributed by atoms with Crippen molar-refractivity contribution < 1.29 is 0 Å². The first-order valence-corrected chi connectivity index (χ1v) is 5.78. The highest BCUT2D eigenvalue weighted by molar-refractivity contribution is 5.41. The SMILES string of the molecule is Cc1cnn(-c2cc(NN)nc(C(C)(C)C)n2)c1. The molecule has 0 aliphatic rings. The first-order chi connectivity index (χ1) is 8.40. The average molecular weight is 246 g/mol. The Morgan fingerprint density at radius 1 is 1.28 bits per heavy atom. The highest BCUT2D eigenvalue weighted by atomic mass is 15.3. The molecule has 0 radical (unpaired) electrons. The summed E-state index contributed by atoms with van der Waals surface area (Å²) in [5.41, 5.74) is 3.49. The number of aryl methyl sites for hydroxylation is 1. The summed E-state index contributed by atoms with van der Waals surface area (Å²) < 4.78 is 1.72. The summed E-state index contributed by atoms with van der Waals surface area (Å²) in [6.45, 7) is 8.15. The van der Waals surface area contributed by atoms with Crippen LogP contribution >= 0.6 is 0 Å². The molecule has 2 heterocycles. The molecule has 0 amide bonds. The lowest BCUT2D eigenvalue weighted by Crippen LogP contribution is -2.20. The molecule has 0 atom stereocenters. The minimum absolute atomic E-state index is 0.149. The van der Waals surface area contributed by atoms with Crippen LogP contribution in [-0.4, -0.2) is 19.7 Å². The summed E-state index contributed by atoms with van der Waals surface area (Å²) in [7, 11) is 0. The van der Waals surface area contributed by atoms with Gasteiger partial charge in [0.25, 0.3) is 0 Å². The van der Waals surface area contributed by atoms with Gasteiger partial charge in [-0.3, -0.25) is 0 Å². The highest BCUT2D eigenvalue weighted by Gasteiger charge is 2.19. The molecule has 2 aromatic heterocycles. The second kappa shape index (κ2) is 4.38. The molecule has 0 aromatic carbocycles.